The minimum Gasteiger partial charge on any atom is -0.496 e. The van der Waals surface area contributed by atoms with Gasteiger partial charge in [-0.25, -0.2) is 0 Å². The monoisotopic (exact) mass is 298 g/mol. The van der Waals surface area contributed by atoms with Crippen molar-refractivity contribution in [3.8, 4) is 5.75 Å². The first kappa shape index (κ1) is 16.5. The van der Waals surface area contributed by atoms with Crippen molar-refractivity contribution in [1.29, 1.82) is 0 Å². The molecule has 0 aromatic heterocycles. The summed E-state index contributed by atoms with van der Waals surface area (Å²) in [6, 6.07) is 11.9. The first-order valence-electron chi connectivity index (χ1n) is 7.91. The van der Waals surface area contributed by atoms with Gasteiger partial charge in [0.25, 0.3) is 0 Å². The van der Waals surface area contributed by atoms with Crippen LogP contribution in [0.15, 0.2) is 36.4 Å². The Hall–Kier alpha value is -1.83. The maximum absolute atomic E-state index is 12.9. The van der Waals surface area contributed by atoms with E-state index in [0.717, 1.165) is 22.8 Å². The third-order valence-electron chi connectivity index (χ3n) is 3.88. The summed E-state index contributed by atoms with van der Waals surface area (Å²) in [6.45, 7) is 8.80. The van der Waals surface area contributed by atoms with E-state index < -0.39 is 0 Å². The first-order valence-corrected chi connectivity index (χ1v) is 7.91. The molecule has 2 rings (SSSR count). The molecule has 0 aliphatic rings. The second-order valence-electron chi connectivity index (χ2n) is 7.36. The van der Waals surface area contributed by atoms with Crippen molar-refractivity contribution in [2.45, 2.75) is 40.5 Å². The minimum absolute atomic E-state index is 0.172. The van der Waals surface area contributed by atoms with Crippen molar-refractivity contribution in [2.75, 3.05) is 7.11 Å². The number of ether oxygens (including phenoxy) is 1. The average Bonchev–Trinajstić information content (AvgIpc) is 2.43. The van der Waals surface area contributed by atoms with Crippen molar-refractivity contribution < 1.29 is 9.53 Å². The van der Waals surface area contributed by atoms with Crippen LogP contribution in [0.3, 0.4) is 0 Å². The smallest absolute Gasteiger partial charge is 0.167 e. The lowest BCUT2D eigenvalue weighted by Gasteiger charge is -2.23. The van der Waals surface area contributed by atoms with Gasteiger partial charge in [0.05, 0.1) is 12.7 Å². The molecule has 22 heavy (non-hydrogen) atoms. The van der Waals surface area contributed by atoms with E-state index >= 15 is 0 Å². The number of hydrogen-bond donors (Lipinski definition) is 0. The maximum Gasteiger partial charge on any atom is 0.167 e. The molecule has 2 heteroatoms. The molecule has 0 aliphatic heterocycles. The fourth-order valence-corrected chi connectivity index (χ4v) is 3.25. The Balaban J connectivity index is 2.34. The highest BCUT2D eigenvalue weighted by Gasteiger charge is 2.21. The van der Waals surface area contributed by atoms with E-state index in [1.165, 1.54) is 0 Å². The van der Waals surface area contributed by atoms with Gasteiger partial charge in [0.1, 0.15) is 5.75 Å². The largest absolute Gasteiger partial charge is 0.496 e. The number of Topliss-reactive ketones (excluding diaryl/α,β-unsaturated/α-hetero) is 1. The van der Waals surface area contributed by atoms with E-state index in [0.29, 0.717) is 18.1 Å². The van der Waals surface area contributed by atoms with E-state index in [4.69, 9.17) is 4.74 Å². The number of methoxy groups -OCH3 is 1. The molecule has 0 spiro atoms. The topological polar surface area (TPSA) is 26.3 Å². The van der Waals surface area contributed by atoms with Crippen LogP contribution in [0, 0.1) is 11.3 Å². The van der Waals surface area contributed by atoms with Crippen LogP contribution in [0.1, 0.15) is 50.9 Å². The van der Waals surface area contributed by atoms with Gasteiger partial charge in [-0.15, -0.1) is 0 Å². The number of carbonyl (C=O) groups is 1. The number of fused-ring (bicyclic) bond motifs is 1. The van der Waals surface area contributed by atoms with Crippen molar-refractivity contribution in [3.63, 3.8) is 0 Å². The molecule has 0 aliphatic carbocycles. The second kappa shape index (κ2) is 6.51. The quantitative estimate of drug-likeness (QED) is 0.682. The Morgan fingerprint density at radius 2 is 1.82 bits per heavy atom. The van der Waals surface area contributed by atoms with Gasteiger partial charge >= 0.3 is 0 Å². The summed E-state index contributed by atoms with van der Waals surface area (Å²) in [6.07, 6.45) is 1.59. The summed E-state index contributed by atoms with van der Waals surface area (Å²) in [4.78, 5) is 12.9. The number of benzene rings is 2. The normalized spacial score (nSPS) is 13.1. The lowest BCUT2D eigenvalue weighted by Crippen LogP contribution is -2.15. The van der Waals surface area contributed by atoms with Gasteiger partial charge in [-0.2, -0.15) is 0 Å². The number of ketones is 1. The molecule has 2 aromatic rings. The van der Waals surface area contributed by atoms with E-state index in [1.54, 1.807) is 7.11 Å². The predicted molar refractivity (Wildman–Crippen MR) is 92.7 cm³/mol. The summed E-state index contributed by atoms with van der Waals surface area (Å²) in [5, 5.41) is 2.06. The number of rotatable bonds is 5. The molecule has 0 bridgehead atoms. The van der Waals surface area contributed by atoms with E-state index in [-0.39, 0.29) is 11.2 Å². The molecular weight excluding hydrogens is 272 g/mol. The first-order chi connectivity index (χ1) is 10.3. The van der Waals surface area contributed by atoms with Crippen LogP contribution in [0.5, 0.6) is 5.75 Å². The van der Waals surface area contributed by atoms with Crippen LogP contribution in [0.25, 0.3) is 10.8 Å². The van der Waals surface area contributed by atoms with Crippen LogP contribution >= 0.6 is 0 Å². The zero-order valence-electron chi connectivity index (χ0n) is 14.3. The molecule has 1 unspecified atom stereocenters. The summed E-state index contributed by atoms with van der Waals surface area (Å²) in [5.74, 6) is 1.20. The molecule has 0 fully saturated rings. The van der Waals surface area contributed by atoms with E-state index in [9.17, 15) is 4.79 Å². The highest BCUT2D eigenvalue weighted by atomic mass is 16.5. The summed E-state index contributed by atoms with van der Waals surface area (Å²) in [7, 11) is 1.62. The Morgan fingerprint density at radius 1 is 1.14 bits per heavy atom. The average molecular weight is 298 g/mol. The van der Waals surface area contributed by atoms with Crippen molar-refractivity contribution in [3.05, 3.63) is 42.0 Å². The van der Waals surface area contributed by atoms with Crippen molar-refractivity contribution >= 4 is 16.6 Å². The fraction of sp³-hybridized carbons (Fsp3) is 0.450. The Morgan fingerprint density at radius 3 is 2.45 bits per heavy atom. The van der Waals surface area contributed by atoms with E-state index in [2.05, 4.69) is 27.7 Å². The van der Waals surface area contributed by atoms with Gasteiger partial charge in [0, 0.05) is 6.42 Å². The lowest BCUT2D eigenvalue weighted by molar-refractivity contribution is 0.0953. The predicted octanol–water partition coefficient (Wildman–Crippen LogP) is 5.49. The SMILES string of the molecule is COc1ccc2ccccc2c1C(=O)CC(C)CC(C)(C)C. The Bertz CT molecular complexity index is 665. The highest BCUT2D eigenvalue weighted by molar-refractivity contribution is 6.10. The molecule has 0 N–H and O–H groups in total. The molecule has 0 saturated heterocycles. The van der Waals surface area contributed by atoms with Crippen LogP contribution < -0.4 is 4.74 Å². The van der Waals surface area contributed by atoms with Gasteiger partial charge in [0.2, 0.25) is 0 Å². The third-order valence-corrected chi connectivity index (χ3v) is 3.88. The zero-order valence-corrected chi connectivity index (χ0v) is 14.3. The van der Waals surface area contributed by atoms with Gasteiger partial charge in [-0.3, -0.25) is 4.79 Å². The highest BCUT2D eigenvalue weighted by Crippen LogP contribution is 2.32. The molecular formula is C20H26O2. The minimum atomic E-state index is 0.172. The second-order valence-corrected chi connectivity index (χ2v) is 7.36. The molecule has 0 heterocycles. The van der Waals surface area contributed by atoms with Crippen LogP contribution in [0.4, 0.5) is 0 Å². The van der Waals surface area contributed by atoms with Crippen molar-refractivity contribution in [1.82, 2.24) is 0 Å². The standard InChI is InChI=1S/C20H26O2/c1-14(13-20(2,3)4)12-17(21)19-16-9-7-6-8-15(16)10-11-18(19)22-5/h6-11,14H,12-13H2,1-5H3. The zero-order chi connectivity index (χ0) is 16.3. The van der Waals surface area contributed by atoms with Gasteiger partial charge in [0.15, 0.2) is 5.78 Å². The number of carbonyl (C=O) groups excluding carboxylic acids is 1. The van der Waals surface area contributed by atoms with Crippen LogP contribution in [-0.2, 0) is 0 Å². The molecule has 118 valence electrons. The van der Waals surface area contributed by atoms with Crippen molar-refractivity contribution in [2.24, 2.45) is 11.3 Å². The summed E-state index contributed by atoms with van der Waals surface area (Å²) < 4.78 is 5.44. The molecule has 1 atom stereocenters. The summed E-state index contributed by atoms with van der Waals surface area (Å²) in [5.41, 5.74) is 0.962. The van der Waals surface area contributed by atoms with Gasteiger partial charge in [-0.1, -0.05) is 58.0 Å². The third kappa shape index (κ3) is 3.88. The van der Waals surface area contributed by atoms with Crippen LogP contribution in [-0.4, -0.2) is 12.9 Å². The fourth-order valence-electron chi connectivity index (χ4n) is 3.25. The van der Waals surface area contributed by atoms with Gasteiger partial charge < -0.3 is 4.74 Å². The molecule has 2 nitrogen and oxygen atoms in total. The lowest BCUT2D eigenvalue weighted by atomic mass is 9.82. The Kier molecular flexibility index (Phi) is 4.90. The molecule has 0 radical (unpaired) electrons. The number of hydrogen-bond acceptors (Lipinski definition) is 2. The van der Waals surface area contributed by atoms with Gasteiger partial charge in [-0.05, 0) is 34.6 Å². The molecule has 0 saturated carbocycles. The maximum atomic E-state index is 12.9. The summed E-state index contributed by atoms with van der Waals surface area (Å²) >= 11 is 0. The molecule has 0 amide bonds. The Labute approximate surface area is 133 Å². The van der Waals surface area contributed by atoms with E-state index in [1.807, 2.05) is 36.4 Å². The van der Waals surface area contributed by atoms with Crippen LogP contribution in [0.2, 0.25) is 0 Å². The molecule has 2 aromatic carbocycles.